The van der Waals surface area contributed by atoms with Gasteiger partial charge in [0.05, 0.1) is 0 Å². The lowest BCUT2D eigenvalue weighted by Crippen LogP contribution is -2.03. The summed E-state index contributed by atoms with van der Waals surface area (Å²) < 4.78 is 0. The first kappa shape index (κ1) is 13.0. The standard InChI is InChI=1S/C15H22O/c1-5-13-6-7-14(11(2)3)15(10-13)12(4)8-9-16/h6-7,9-12H,5,8H2,1-4H3. The van der Waals surface area contributed by atoms with Gasteiger partial charge in [-0.15, -0.1) is 0 Å². The van der Waals surface area contributed by atoms with Crippen LogP contribution in [0.25, 0.3) is 0 Å². The number of benzene rings is 1. The molecule has 1 aromatic carbocycles. The maximum Gasteiger partial charge on any atom is 0.120 e. The SMILES string of the molecule is CCc1ccc(C(C)C)c(C(C)CC=O)c1. The fraction of sp³-hybridized carbons (Fsp3) is 0.533. The smallest absolute Gasteiger partial charge is 0.120 e. The van der Waals surface area contributed by atoms with Gasteiger partial charge in [0.1, 0.15) is 6.29 Å². The molecular weight excluding hydrogens is 196 g/mol. The number of carbonyl (C=O) groups excluding carboxylic acids is 1. The molecule has 0 aliphatic carbocycles. The van der Waals surface area contributed by atoms with Crippen molar-refractivity contribution in [2.45, 2.75) is 52.4 Å². The van der Waals surface area contributed by atoms with Crippen LogP contribution in [0.3, 0.4) is 0 Å². The van der Waals surface area contributed by atoms with Crippen molar-refractivity contribution in [3.63, 3.8) is 0 Å². The molecule has 1 rings (SSSR count). The lowest BCUT2D eigenvalue weighted by atomic mass is 9.87. The lowest BCUT2D eigenvalue weighted by Gasteiger charge is -2.18. The molecular formula is C15H22O. The second-order valence-electron chi connectivity index (χ2n) is 4.77. The van der Waals surface area contributed by atoms with Crippen molar-refractivity contribution in [2.24, 2.45) is 0 Å². The predicted molar refractivity (Wildman–Crippen MR) is 69.0 cm³/mol. The Balaban J connectivity index is 3.14. The summed E-state index contributed by atoms with van der Waals surface area (Å²) in [5.74, 6) is 0.858. The van der Waals surface area contributed by atoms with Crippen LogP contribution >= 0.6 is 0 Å². The fourth-order valence-electron chi connectivity index (χ4n) is 2.07. The van der Waals surface area contributed by atoms with Crippen LogP contribution < -0.4 is 0 Å². The second-order valence-corrected chi connectivity index (χ2v) is 4.77. The van der Waals surface area contributed by atoms with E-state index in [-0.39, 0.29) is 0 Å². The average molecular weight is 218 g/mol. The van der Waals surface area contributed by atoms with Gasteiger partial charge in [-0.3, -0.25) is 0 Å². The van der Waals surface area contributed by atoms with Crippen molar-refractivity contribution < 1.29 is 4.79 Å². The van der Waals surface area contributed by atoms with Crippen LogP contribution in [0.5, 0.6) is 0 Å². The van der Waals surface area contributed by atoms with E-state index in [4.69, 9.17) is 0 Å². The summed E-state index contributed by atoms with van der Waals surface area (Å²) >= 11 is 0. The zero-order valence-corrected chi connectivity index (χ0v) is 10.8. The van der Waals surface area contributed by atoms with E-state index in [1.54, 1.807) is 0 Å². The van der Waals surface area contributed by atoms with Crippen LogP contribution in [0.1, 0.15) is 62.6 Å². The first-order valence-electron chi connectivity index (χ1n) is 6.16. The Bertz CT molecular complexity index is 352. The van der Waals surface area contributed by atoms with E-state index in [0.29, 0.717) is 18.3 Å². The molecule has 0 aliphatic rings. The molecule has 1 aromatic rings. The predicted octanol–water partition coefficient (Wildman–Crippen LogP) is 4.06. The van der Waals surface area contributed by atoms with Crippen LogP contribution in [-0.4, -0.2) is 6.29 Å². The summed E-state index contributed by atoms with van der Waals surface area (Å²) in [6.45, 7) is 8.71. The molecule has 88 valence electrons. The first-order valence-corrected chi connectivity index (χ1v) is 6.16. The fourth-order valence-corrected chi connectivity index (χ4v) is 2.07. The van der Waals surface area contributed by atoms with Crippen molar-refractivity contribution in [2.75, 3.05) is 0 Å². The third-order valence-corrected chi connectivity index (χ3v) is 3.16. The molecule has 0 aliphatic heterocycles. The van der Waals surface area contributed by atoms with Gasteiger partial charge in [-0.05, 0) is 34.9 Å². The van der Waals surface area contributed by atoms with Gasteiger partial charge < -0.3 is 4.79 Å². The molecule has 1 heteroatoms. The molecule has 0 fully saturated rings. The maximum absolute atomic E-state index is 10.6. The number of hydrogen-bond donors (Lipinski definition) is 0. The molecule has 0 radical (unpaired) electrons. The van der Waals surface area contributed by atoms with Gasteiger partial charge in [0.2, 0.25) is 0 Å². The molecule has 16 heavy (non-hydrogen) atoms. The molecule has 0 spiro atoms. The van der Waals surface area contributed by atoms with Gasteiger partial charge >= 0.3 is 0 Å². The van der Waals surface area contributed by atoms with Gasteiger partial charge in [0.15, 0.2) is 0 Å². The Hall–Kier alpha value is -1.11. The molecule has 1 atom stereocenters. The van der Waals surface area contributed by atoms with E-state index in [0.717, 1.165) is 12.7 Å². The molecule has 0 bridgehead atoms. The summed E-state index contributed by atoms with van der Waals surface area (Å²) in [4.78, 5) is 10.6. The summed E-state index contributed by atoms with van der Waals surface area (Å²) in [6.07, 6.45) is 2.69. The van der Waals surface area contributed by atoms with Gasteiger partial charge in [0.25, 0.3) is 0 Å². The largest absolute Gasteiger partial charge is 0.303 e. The highest BCUT2D eigenvalue weighted by atomic mass is 16.1. The summed E-state index contributed by atoms with van der Waals surface area (Å²) in [5.41, 5.74) is 4.09. The quantitative estimate of drug-likeness (QED) is 0.681. The third-order valence-electron chi connectivity index (χ3n) is 3.16. The van der Waals surface area contributed by atoms with E-state index in [1.807, 2.05) is 0 Å². The van der Waals surface area contributed by atoms with Crippen molar-refractivity contribution in [3.8, 4) is 0 Å². The Morgan fingerprint density at radius 2 is 1.88 bits per heavy atom. The average Bonchev–Trinajstić information content (AvgIpc) is 2.28. The molecule has 0 amide bonds. The summed E-state index contributed by atoms with van der Waals surface area (Å²) in [5, 5.41) is 0. The Labute approximate surface area is 98.9 Å². The number of rotatable bonds is 5. The van der Waals surface area contributed by atoms with Crippen LogP contribution in [-0.2, 0) is 11.2 Å². The van der Waals surface area contributed by atoms with E-state index < -0.39 is 0 Å². The van der Waals surface area contributed by atoms with Gasteiger partial charge in [-0.25, -0.2) is 0 Å². The van der Waals surface area contributed by atoms with Crippen LogP contribution in [0, 0.1) is 0 Å². The minimum Gasteiger partial charge on any atom is -0.303 e. The Morgan fingerprint density at radius 3 is 2.38 bits per heavy atom. The molecule has 0 saturated carbocycles. The van der Waals surface area contributed by atoms with Crippen LogP contribution in [0.4, 0.5) is 0 Å². The van der Waals surface area contributed by atoms with E-state index in [2.05, 4.69) is 45.9 Å². The topological polar surface area (TPSA) is 17.1 Å². The zero-order chi connectivity index (χ0) is 12.1. The molecule has 1 nitrogen and oxygen atoms in total. The normalized spacial score (nSPS) is 12.8. The molecule has 0 heterocycles. The Kier molecular flexibility index (Phi) is 4.72. The van der Waals surface area contributed by atoms with Crippen molar-refractivity contribution >= 4 is 6.29 Å². The summed E-state index contributed by atoms with van der Waals surface area (Å²) in [7, 11) is 0. The monoisotopic (exact) mass is 218 g/mol. The molecule has 1 unspecified atom stereocenters. The highest BCUT2D eigenvalue weighted by Gasteiger charge is 2.13. The maximum atomic E-state index is 10.6. The summed E-state index contributed by atoms with van der Waals surface area (Å²) in [6, 6.07) is 6.69. The Morgan fingerprint density at radius 1 is 1.19 bits per heavy atom. The first-order chi connectivity index (χ1) is 7.60. The highest BCUT2D eigenvalue weighted by molar-refractivity contribution is 5.52. The number of aldehydes is 1. The highest BCUT2D eigenvalue weighted by Crippen LogP contribution is 2.28. The van der Waals surface area contributed by atoms with Gasteiger partial charge in [0, 0.05) is 6.42 Å². The third kappa shape index (κ3) is 2.94. The zero-order valence-electron chi connectivity index (χ0n) is 10.8. The number of carbonyl (C=O) groups is 1. The minimum absolute atomic E-state index is 0.335. The van der Waals surface area contributed by atoms with Crippen molar-refractivity contribution in [1.82, 2.24) is 0 Å². The number of aryl methyl sites for hydroxylation is 1. The van der Waals surface area contributed by atoms with Crippen molar-refractivity contribution in [1.29, 1.82) is 0 Å². The van der Waals surface area contributed by atoms with E-state index >= 15 is 0 Å². The van der Waals surface area contributed by atoms with E-state index in [1.165, 1.54) is 16.7 Å². The van der Waals surface area contributed by atoms with Crippen LogP contribution in [0.2, 0.25) is 0 Å². The van der Waals surface area contributed by atoms with Gasteiger partial charge in [-0.1, -0.05) is 45.9 Å². The minimum atomic E-state index is 0.335. The van der Waals surface area contributed by atoms with E-state index in [9.17, 15) is 4.79 Å². The second kappa shape index (κ2) is 5.83. The molecule has 0 saturated heterocycles. The lowest BCUT2D eigenvalue weighted by molar-refractivity contribution is -0.108. The van der Waals surface area contributed by atoms with Crippen molar-refractivity contribution in [3.05, 3.63) is 34.9 Å². The molecule has 0 N–H and O–H groups in total. The molecule has 0 aromatic heterocycles. The van der Waals surface area contributed by atoms with Gasteiger partial charge in [-0.2, -0.15) is 0 Å². The van der Waals surface area contributed by atoms with Crippen LogP contribution in [0.15, 0.2) is 18.2 Å². The number of hydrogen-bond acceptors (Lipinski definition) is 1.